The van der Waals surface area contributed by atoms with Crippen molar-refractivity contribution in [2.45, 2.75) is 13.5 Å². The quantitative estimate of drug-likeness (QED) is 0.842. The average molecular weight is 245 g/mol. The van der Waals surface area contributed by atoms with Crippen molar-refractivity contribution in [3.63, 3.8) is 0 Å². The molecule has 2 aromatic heterocycles. The van der Waals surface area contributed by atoms with Gasteiger partial charge in [-0.25, -0.2) is 0 Å². The van der Waals surface area contributed by atoms with Crippen LogP contribution in [0.1, 0.15) is 23.1 Å². The van der Waals surface area contributed by atoms with Crippen LogP contribution < -0.4 is 5.73 Å². The molecule has 2 aromatic rings. The molecule has 0 aliphatic rings. The van der Waals surface area contributed by atoms with E-state index >= 15 is 0 Å². The summed E-state index contributed by atoms with van der Waals surface area (Å²) >= 11 is 0. The number of hydrogen-bond acceptors (Lipinski definition) is 4. The van der Waals surface area contributed by atoms with E-state index in [9.17, 15) is 4.79 Å². The van der Waals surface area contributed by atoms with Crippen LogP contribution in [0.4, 0.5) is 5.82 Å². The maximum Gasteiger partial charge on any atom is 0.272 e. The number of pyridine rings is 1. The second-order valence-electron chi connectivity index (χ2n) is 3.85. The van der Waals surface area contributed by atoms with Gasteiger partial charge in [-0.1, -0.05) is 6.07 Å². The van der Waals surface area contributed by atoms with Crippen LogP contribution in [0.25, 0.3) is 0 Å². The van der Waals surface area contributed by atoms with Gasteiger partial charge in [0.15, 0.2) is 0 Å². The van der Waals surface area contributed by atoms with Gasteiger partial charge in [-0.3, -0.25) is 14.9 Å². The molecule has 0 bridgehead atoms. The van der Waals surface area contributed by atoms with E-state index in [2.05, 4.69) is 15.2 Å². The van der Waals surface area contributed by atoms with Gasteiger partial charge in [-0.05, 0) is 19.1 Å². The Balaban J connectivity index is 2.12. The van der Waals surface area contributed by atoms with E-state index in [-0.39, 0.29) is 5.91 Å². The topological polar surface area (TPSA) is 87.9 Å². The fourth-order valence-electron chi connectivity index (χ4n) is 1.63. The third kappa shape index (κ3) is 2.65. The third-order valence-electron chi connectivity index (χ3n) is 2.58. The number of aromatic nitrogens is 3. The lowest BCUT2D eigenvalue weighted by Gasteiger charge is -2.19. The molecule has 0 spiro atoms. The normalized spacial score (nSPS) is 10.3. The van der Waals surface area contributed by atoms with Crippen molar-refractivity contribution in [2.24, 2.45) is 0 Å². The van der Waals surface area contributed by atoms with E-state index in [1.165, 1.54) is 6.07 Å². The highest BCUT2D eigenvalue weighted by atomic mass is 16.2. The minimum Gasteiger partial charge on any atom is -0.382 e. The summed E-state index contributed by atoms with van der Waals surface area (Å²) < 4.78 is 0. The van der Waals surface area contributed by atoms with E-state index in [1.54, 1.807) is 11.1 Å². The minimum atomic E-state index is -0.132. The Kier molecular flexibility index (Phi) is 3.57. The van der Waals surface area contributed by atoms with Crippen LogP contribution >= 0.6 is 0 Å². The summed E-state index contributed by atoms with van der Waals surface area (Å²) in [6.45, 7) is 2.98. The van der Waals surface area contributed by atoms with Gasteiger partial charge in [-0.2, -0.15) is 5.10 Å². The zero-order valence-corrected chi connectivity index (χ0v) is 10.1. The number of nitrogens with zero attached hydrogens (tertiary/aromatic N) is 3. The molecule has 0 saturated carbocycles. The number of anilines is 1. The molecule has 0 unspecified atom stereocenters. The van der Waals surface area contributed by atoms with Crippen molar-refractivity contribution in [1.82, 2.24) is 20.1 Å². The van der Waals surface area contributed by atoms with Gasteiger partial charge in [0.1, 0.15) is 11.5 Å². The number of H-pyrrole nitrogens is 1. The number of nitrogens with two attached hydrogens (primary N) is 1. The zero-order chi connectivity index (χ0) is 13.0. The zero-order valence-electron chi connectivity index (χ0n) is 10.1. The molecule has 6 heteroatoms. The number of hydrogen-bond donors (Lipinski definition) is 2. The lowest BCUT2D eigenvalue weighted by atomic mass is 10.3. The standard InChI is InChI=1S/C12H15N5O/c1-2-17(8-9-5-3-4-6-14-9)12(18)10-7-11(13)16-15-10/h3-7H,2,8H2,1H3,(H3,13,15,16). The molecule has 2 heterocycles. The number of amides is 1. The van der Waals surface area contributed by atoms with E-state index in [0.29, 0.717) is 24.6 Å². The highest BCUT2D eigenvalue weighted by Crippen LogP contribution is 2.08. The Morgan fingerprint density at radius 3 is 2.89 bits per heavy atom. The molecule has 0 aliphatic carbocycles. The van der Waals surface area contributed by atoms with E-state index in [4.69, 9.17) is 5.73 Å². The smallest absolute Gasteiger partial charge is 0.272 e. The molecule has 18 heavy (non-hydrogen) atoms. The molecule has 94 valence electrons. The average Bonchev–Trinajstić information content (AvgIpc) is 2.83. The van der Waals surface area contributed by atoms with Crippen molar-refractivity contribution in [3.8, 4) is 0 Å². The summed E-state index contributed by atoms with van der Waals surface area (Å²) in [5, 5.41) is 6.37. The minimum absolute atomic E-state index is 0.132. The number of rotatable bonds is 4. The van der Waals surface area contributed by atoms with E-state index in [0.717, 1.165) is 5.69 Å². The maximum atomic E-state index is 12.2. The fraction of sp³-hybridized carbons (Fsp3) is 0.250. The highest BCUT2D eigenvalue weighted by molar-refractivity contribution is 5.92. The first-order chi connectivity index (χ1) is 8.70. The maximum absolute atomic E-state index is 12.2. The van der Waals surface area contributed by atoms with Gasteiger partial charge in [0.2, 0.25) is 0 Å². The van der Waals surface area contributed by atoms with Crippen LogP contribution in [0.2, 0.25) is 0 Å². The van der Waals surface area contributed by atoms with Crippen molar-refractivity contribution in [1.29, 1.82) is 0 Å². The monoisotopic (exact) mass is 245 g/mol. The van der Waals surface area contributed by atoms with Crippen molar-refractivity contribution < 1.29 is 4.79 Å². The molecule has 2 rings (SSSR count). The molecule has 1 amide bonds. The van der Waals surface area contributed by atoms with Gasteiger partial charge in [-0.15, -0.1) is 0 Å². The number of aromatic amines is 1. The molecular formula is C12H15N5O. The summed E-state index contributed by atoms with van der Waals surface area (Å²) in [6, 6.07) is 7.16. The first-order valence-electron chi connectivity index (χ1n) is 5.70. The van der Waals surface area contributed by atoms with Gasteiger partial charge in [0, 0.05) is 18.8 Å². The summed E-state index contributed by atoms with van der Waals surface area (Å²) in [5.74, 6) is 0.180. The summed E-state index contributed by atoms with van der Waals surface area (Å²) in [7, 11) is 0. The predicted octanol–water partition coefficient (Wildman–Crippen LogP) is 1.05. The number of carbonyl (C=O) groups is 1. The predicted molar refractivity (Wildman–Crippen MR) is 67.7 cm³/mol. The largest absolute Gasteiger partial charge is 0.382 e. The molecule has 0 fully saturated rings. The molecule has 0 saturated heterocycles. The number of nitrogen functional groups attached to an aromatic ring is 1. The van der Waals surface area contributed by atoms with Crippen LogP contribution in [0.5, 0.6) is 0 Å². The summed E-state index contributed by atoms with van der Waals surface area (Å²) in [6.07, 6.45) is 1.71. The van der Waals surface area contributed by atoms with Crippen LogP contribution in [0.3, 0.4) is 0 Å². The fourth-order valence-corrected chi connectivity index (χ4v) is 1.63. The third-order valence-corrected chi connectivity index (χ3v) is 2.58. The van der Waals surface area contributed by atoms with Gasteiger partial charge in [0.25, 0.3) is 5.91 Å². The highest BCUT2D eigenvalue weighted by Gasteiger charge is 2.16. The first kappa shape index (κ1) is 12.1. The summed E-state index contributed by atoms with van der Waals surface area (Å²) in [4.78, 5) is 18.0. The Morgan fingerprint density at radius 2 is 2.33 bits per heavy atom. The second-order valence-corrected chi connectivity index (χ2v) is 3.85. The Morgan fingerprint density at radius 1 is 1.50 bits per heavy atom. The number of nitrogens with one attached hydrogen (secondary N) is 1. The van der Waals surface area contributed by atoms with Gasteiger partial charge >= 0.3 is 0 Å². The Labute approximate surface area is 105 Å². The molecule has 0 aromatic carbocycles. The summed E-state index contributed by atoms with van der Waals surface area (Å²) in [5.41, 5.74) is 6.73. The lowest BCUT2D eigenvalue weighted by molar-refractivity contribution is 0.0744. The lowest BCUT2D eigenvalue weighted by Crippen LogP contribution is -2.30. The second kappa shape index (κ2) is 5.31. The van der Waals surface area contributed by atoms with Crippen LogP contribution in [-0.4, -0.2) is 32.5 Å². The Hall–Kier alpha value is -2.37. The van der Waals surface area contributed by atoms with Crippen LogP contribution in [0, 0.1) is 0 Å². The van der Waals surface area contributed by atoms with Crippen LogP contribution in [0.15, 0.2) is 30.5 Å². The Bertz CT molecular complexity index is 522. The van der Waals surface area contributed by atoms with E-state index < -0.39 is 0 Å². The van der Waals surface area contributed by atoms with Gasteiger partial charge < -0.3 is 10.6 Å². The molecule has 0 atom stereocenters. The first-order valence-corrected chi connectivity index (χ1v) is 5.70. The molecular weight excluding hydrogens is 230 g/mol. The van der Waals surface area contributed by atoms with Gasteiger partial charge in [0.05, 0.1) is 12.2 Å². The molecule has 0 radical (unpaired) electrons. The number of carbonyl (C=O) groups excluding carboxylic acids is 1. The van der Waals surface area contributed by atoms with Crippen LogP contribution in [-0.2, 0) is 6.54 Å². The molecule has 0 aliphatic heterocycles. The van der Waals surface area contributed by atoms with Crippen molar-refractivity contribution >= 4 is 11.7 Å². The molecule has 3 N–H and O–H groups in total. The molecule has 6 nitrogen and oxygen atoms in total. The van der Waals surface area contributed by atoms with Crippen molar-refractivity contribution in [2.75, 3.05) is 12.3 Å². The van der Waals surface area contributed by atoms with Crippen molar-refractivity contribution in [3.05, 3.63) is 41.9 Å². The van der Waals surface area contributed by atoms with E-state index in [1.807, 2.05) is 25.1 Å². The SMILES string of the molecule is CCN(Cc1ccccn1)C(=O)c1cc(N)n[nH]1.